The van der Waals surface area contributed by atoms with Crippen molar-refractivity contribution in [2.24, 2.45) is 5.92 Å². The number of carbonyl (C=O) groups excluding carboxylic acids is 2. The zero-order chi connectivity index (χ0) is 19.8. The third kappa shape index (κ3) is 5.74. The van der Waals surface area contributed by atoms with Crippen LogP contribution in [-0.2, 0) is 4.79 Å². The van der Waals surface area contributed by atoms with Gasteiger partial charge in [-0.3, -0.25) is 9.59 Å². The predicted molar refractivity (Wildman–Crippen MR) is 105 cm³/mol. The number of anilines is 1. The highest BCUT2D eigenvalue weighted by atomic mass is 16.5. The average molecular weight is 370 g/mol. The topological polar surface area (TPSA) is 76.7 Å². The molecule has 0 saturated heterocycles. The number of hydrogen-bond acceptors (Lipinski definition) is 4. The van der Waals surface area contributed by atoms with Gasteiger partial charge in [0.1, 0.15) is 17.5 Å². The molecule has 6 heteroatoms. The molecule has 0 unspecified atom stereocenters. The molecule has 144 valence electrons. The minimum Gasteiger partial charge on any atom is -0.497 e. The van der Waals surface area contributed by atoms with Crippen molar-refractivity contribution in [3.8, 4) is 11.5 Å². The van der Waals surface area contributed by atoms with Crippen LogP contribution in [0.4, 0.5) is 5.69 Å². The summed E-state index contributed by atoms with van der Waals surface area (Å²) in [6.07, 6.45) is 0. The van der Waals surface area contributed by atoms with E-state index < -0.39 is 6.04 Å². The molecule has 0 aliphatic carbocycles. The molecule has 27 heavy (non-hydrogen) atoms. The van der Waals surface area contributed by atoms with Crippen LogP contribution in [-0.4, -0.2) is 31.6 Å². The van der Waals surface area contributed by atoms with E-state index in [0.717, 1.165) is 5.75 Å². The van der Waals surface area contributed by atoms with Crippen molar-refractivity contribution in [1.29, 1.82) is 0 Å². The van der Waals surface area contributed by atoms with Crippen LogP contribution in [0.2, 0.25) is 0 Å². The Hall–Kier alpha value is -3.02. The van der Waals surface area contributed by atoms with E-state index >= 15 is 0 Å². The highest BCUT2D eigenvalue weighted by molar-refractivity contribution is 6.01. The van der Waals surface area contributed by atoms with Crippen molar-refractivity contribution in [1.82, 2.24) is 5.32 Å². The Morgan fingerprint density at radius 3 is 2.07 bits per heavy atom. The molecule has 2 rings (SSSR count). The fourth-order valence-corrected chi connectivity index (χ4v) is 2.52. The molecule has 0 saturated carbocycles. The van der Waals surface area contributed by atoms with Crippen LogP contribution in [0.5, 0.6) is 11.5 Å². The van der Waals surface area contributed by atoms with E-state index in [-0.39, 0.29) is 17.7 Å². The molecule has 2 aromatic carbocycles. The van der Waals surface area contributed by atoms with E-state index in [1.54, 1.807) is 55.6 Å². The van der Waals surface area contributed by atoms with E-state index in [4.69, 9.17) is 9.47 Å². The van der Waals surface area contributed by atoms with Crippen LogP contribution in [0.15, 0.2) is 48.5 Å². The molecular weight excluding hydrogens is 344 g/mol. The van der Waals surface area contributed by atoms with Crippen LogP contribution in [0.25, 0.3) is 0 Å². The van der Waals surface area contributed by atoms with E-state index in [9.17, 15) is 9.59 Å². The highest BCUT2D eigenvalue weighted by Gasteiger charge is 2.24. The zero-order valence-electron chi connectivity index (χ0n) is 16.1. The first kappa shape index (κ1) is 20.3. The Balaban J connectivity index is 2.04. The van der Waals surface area contributed by atoms with Gasteiger partial charge in [-0.1, -0.05) is 13.8 Å². The first-order chi connectivity index (χ1) is 12.9. The third-order valence-electron chi connectivity index (χ3n) is 4.02. The molecule has 2 N–H and O–H groups in total. The molecule has 0 radical (unpaired) electrons. The van der Waals surface area contributed by atoms with Gasteiger partial charge in [0, 0.05) is 11.3 Å². The third-order valence-corrected chi connectivity index (χ3v) is 4.02. The van der Waals surface area contributed by atoms with Gasteiger partial charge in [-0.25, -0.2) is 0 Å². The van der Waals surface area contributed by atoms with Crippen LogP contribution in [0.1, 0.15) is 31.1 Å². The fourth-order valence-electron chi connectivity index (χ4n) is 2.52. The smallest absolute Gasteiger partial charge is 0.251 e. The molecule has 0 aliphatic heterocycles. The van der Waals surface area contributed by atoms with E-state index in [0.29, 0.717) is 23.6 Å². The molecule has 2 amide bonds. The van der Waals surface area contributed by atoms with Gasteiger partial charge in [0.05, 0.1) is 13.7 Å². The lowest BCUT2D eigenvalue weighted by Crippen LogP contribution is -2.47. The number of rotatable bonds is 8. The summed E-state index contributed by atoms with van der Waals surface area (Å²) < 4.78 is 10.5. The number of hydrogen-bond donors (Lipinski definition) is 2. The average Bonchev–Trinajstić information content (AvgIpc) is 2.67. The quantitative estimate of drug-likeness (QED) is 0.746. The second-order valence-corrected chi connectivity index (χ2v) is 6.37. The lowest BCUT2D eigenvalue weighted by molar-refractivity contribution is -0.118. The lowest BCUT2D eigenvalue weighted by atomic mass is 10.0. The second kappa shape index (κ2) is 9.62. The van der Waals surface area contributed by atoms with E-state index in [1.807, 2.05) is 20.8 Å². The second-order valence-electron chi connectivity index (χ2n) is 6.37. The Kier molecular flexibility index (Phi) is 7.23. The molecule has 0 heterocycles. The minimum absolute atomic E-state index is 0.0742. The van der Waals surface area contributed by atoms with Crippen molar-refractivity contribution in [2.45, 2.75) is 26.8 Å². The highest BCUT2D eigenvalue weighted by Crippen LogP contribution is 2.17. The maximum absolute atomic E-state index is 12.7. The van der Waals surface area contributed by atoms with Gasteiger partial charge >= 0.3 is 0 Å². The number of methoxy groups -OCH3 is 1. The molecule has 2 aromatic rings. The Bertz CT molecular complexity index is 755. The SMILES string of the molecule is CCOc1ccc(NC(=O)[C@@H](NC(=O)c2ccc(OC)cc2)C(C)C)cc1. The maximum atomic E-state index is 12.7. The summed E-state index contributed by atoms with van der Waals surface area (Å²) in [6.45, 7) is 6.26. The molecule has 0 fully saturated rings. The number of ether oxygens (including phenoxy) is 2. The summed E-state index contributed by atoms with van der Waals surface area (Å²) in [4.78, 5) is 25.1. The first-order valence-corrected chi connectivity index (χ1v) is 8.93. The van der Waals surface area contributed by atoms with Crippen LogP contribution in [0, 0.1) is 5.92 Å². The normalized spacial score (nSPS) is 11.6. The lowest BCUT2D eigenvalue weighted by Gasteiger charge is -2.22. The van der Waals surface area contributed by atoms with Gasteiger partial charge < -0.3 is 20.1 Å². The standard InChI is InChI=1S/C21H26N2O4/c1-5-27-18-12-8-16(9-13-18)22-21(25)19(14(2)3)23-20(24)15-6-10-17(26-4)11-7-15/h6-14,19H,5H2,1-4H3,(H,22,25)(H,23,24)/t19-/m0/s1. The number of nitrogens with one attached hydrogen (secondary N) is 2. The number of benzene rings is 2. The molecular formula is C21H26N2O4. The van der Waals surface area contributed by atoms with Gasteiger partial charge in [-0.2, -0.15) is 0 Å². The Morgan fingerprint density at radius 1 is 0.963 bits per heavy atom. The molecule has 0 aliphatic rings. The monoisotopic (exact) mass is 370 g/mol. The van der Waals surface area contributed by atoms with Crippen LogP contribution >= 0.6 is 0 Å². The summed E-state index contributed by atoms with van der Waals surface area (Å²) in [5.74, 6) is 0.757. The summed E-state index contributed by atoms with van der Waals surface area (Å²) in [6, 6.07) is 13.2. The van der Waals surface area contributed by atoms with Crippen LogP contribution < -0.4 is 20.1 Å². The van der Waals surface area contributed by atoms with Crippen molar-refractivity contribution in [3.05, 3.63) is 54.1 Å². The summed E-state index contributed by atoms with van der Waals surface area (Å²) in [5, 5.41) is 5.64. The van der Waals surface area contributed by atoms with Crippen molar-refractivity contribution in [3.63, 3.8) is 0 Å². The van der Waals surface area contributed by atoms with E-state index in [1.165, 1.54) is 0 Å². The number of carbonyl (C=O) groups is 2. The Labute approximate surface area is 159 Å². The Morgan fingerprint density at radius 2 is 1.56 bits per heavy atom. The molecule has 0 spiro atoms. The van der Waals surface area contributed by atoms with Gasteiger partial charge in [0.2, 0.25) is 5.91 Å². The molecule has 0 aromatic heterocycles. The first-order valence-electron chi connectivity index (χ1n) is 8.93. The van der Waals surface area contributed by atoms with Crippen LogP contribution in [0.3, 0.4) is 0 Å². The van der Waals surface area contributed by atoms with Crippen molar-refractivity contribution >= 4 is 17.5 Å². The zero-order valence-corrected chi connectivity index (χ0v) is 16.1. The predicted octanol–water partition coefficient (Wildman–Crippen LogP) is 3.49. The molecule has 6 nitrogen and oxygen atoms in total. The van der Waals surface area contributed by atoms with Crippen molar-refractivity contribution < 1.29 is 19.1 Å². The minimum atomic E-state index is -0.661. The van der Waals surface area contributed by atoms with Gasteiger partial charge in [-0.05, 0) is 61.4 Å². The largest absolute Gasteiger partial charge is 0.497 e. The van der Waals surface area contributed by atoms with Gasteiger partial charge in [-0.15, -0.1) is 0 Å². The number of amides is 2. The van der Waals surface area contributed by atoms with Crippen molar-refractivity contribution in [2.75, 3.05) is 19.0 Å². The maximum Gasteiger partial charge on any atom is 0.251 e. The van der Waals surface area contributed by atoms with Gasteiger partial charge in [0.15, 0.2) is 0 Å². The molecule has 1 atom stereocenters. The van der Waals surface area contributed by atoms with E-state index in [2.05, 4.69) is 10.6 Å². The summed E-state index contributed by atoms with van der Waals surface area (Å²) in [5.41, 5.74) is 1.11. The summed E-state index contributed by atoms with van der Waals surface area (Å²) in [7, 11) is 1.56. The fraction of sp³-hybridized carbons (Fsp3) is 0.333. The summed E-state index contributed by atoms with van der Waals surface area (Å²) >= 11 is 0. The molecule has 0 bridgehead atoms. The van der Waals surface area contributed by atoms with Gasteiger partial charge in [0.25, 0.3) is 5.91 Å².